The van der Waals surface area contributed by atoms with E-state index in [4.69, 9.17) is 5.73 Å². The van der Waals surface area contributed by atoms with Crippen molar-refractivity contribution in [1.29, 1.82) is 0 Å². The van der Waals surface area contributed by atoms with Crippen molar-refractivity contribution in [1.82, 2.24) is 14.9 Å². The van der Waals surface area contributed by atoms with E-state index in [2.05, 4.69) is 10.3 Å². The number of amides is 1. The van der Waals surface area contributed by atoms with E-state index in [1.165, 1.54) is 0 Å². The number of hydrogen-bond acceptors (Lipinski definition) is 3. The Morgan fingerprint density at radius 2 is 2.29 bits per heavy atom. The maximum absolute atomic E-state index is 11.9. The molecule has 1 aromatic rings. The van der Waals surface area contributed by atoms with Crippen molar-refractivity contribution in [2.45, 2.75) is 38.3 Å². The zero-order valence-corrected chi connectivity index (χ0v) is 10.0. The van der Waals surface area contributed by atoms with Gasteiger partial charge in [0.25, 0.3) is 0 Å². The molecule has 1 amide bonds. The Bertz CT molecular complexity index is 349. The molecule has 0 aromatic carbocycles. The quantitative estimate of drug-likeness (QED) is 0.800. The van der Waals surface area contributed by atoms with Crippen molar-refractivity contribution in [3.8, 4) is 0 Å². The van der Waals surface area contributed by atoms with Crippen LogP contribution in [-0.4, -0.2) is 28.0 Å². The zero-order valence-electron chi connectivity index (χ0n) is 10.0. The molecular formula is C12H20N4O. The van der Waals surface area contributed by atoms with Crippen molar-refractivity contribution >= 4 is 5.91 Å². The molecule has 0 radical (unpaired) electrons. The highest BCUT2D eigenvalue weighted by molar-refractivity contribution is 5.79. The fraction of sp³-hybridized carbons (Fsp3) is 0.667. The molecule has 0 saturated heterocycles. The predicted molar refractivity (Wildman–Crippen MR) is 65.2 cm³/mol. The topological polar surface area (TPSA) is 72.9 Å². The highest BCUT2D eigenvalue weighted by Crippen LogP contribution is 2.22. The van der Waals surface area contributed by atoms with Crippen molar-refractivity contribution in [3.05, 3.63) is 18.7 Å². The molecule has 2 rings (SSSR count). The fourth-order valence-electron chi connectivity index (χ4n) is 2.34. The number of hydrogen-bond donors (Lipinski definition) is 2. The zero-order chi connectivity index (χ0) is 12.1. The SMILES string of the molecule is NC1CCCCC1C(=O)NCCn1ccnc1. The molecule has 5 nitrogen and oxygen atoms in total. The smallest absolute Gasteiger partial charge is 0.224 e. The second-order valence-corrected chi connectivity index (χ2v) is 4.65. The lowest BCUT2D eigenvalue weighted by atomic mass is 9.84. The van der Waals surface area contributed by atoms with E-state index in [0.717, 1.165) is 32.2 Å². The van der Waals surface area contributed by atoms with E-state index < -0.39 is 0 Å². The summed E-state index contributed by atoms with van der Waals surface area (Å²) in [6.07, 6.45) is 9.54. The molecule has 3 N–H and O–H groups in total. The van der Waals surface area contributed by atoms with Crippen LogP contribution in [0.4, 0.5) is 0 Å². The summed E-state index contributed by atoms with van der Waals surface area (Å²) in [5, 5.41) is 2.95. The third-order valence-corrected chi connectivity index (χ3v) is 3.38. The summed E-state index contributed by atoms with van der Waals surface area (Å²) < 4.78 is 1.95. The summed E-state index contributed by atoms with van der Waals surface area (Å²) in [5.41, 5.74) is 5.97. The molecule has 1 aliphatic carbocycles. The number of aromatic nitrogens is 2. The minimum Gasteiger partial charge on any atom is -0.354 e. The molecule has 0 spiro atoms. The highest BCUT2D eigenvalue weighted by Gasteiger charge is 2.27. The summed E-state index contributed by atoms with van der Waals surface area (Å²) in [4.78, 5) is 15.9. The monoisotopic (exact) mass is 236 g/mol. The first-order chi connectivity index (χ1) is 8.27. The number of rotatable bonds is 4. The van der Waals surface area contributed by atoms with Crippen LogP contribution in [0.3, 0.4) is 0 Å². The first kappa shape index (κ1) is 12.1. The minimum absolute atomic E-state index is 0.00605. The molecular weight excluding hydrogens is 216 g/mol. The van der Waals surface area contributed by atoms with Gasteiger partial charge in [-0.3, -0.25) is 4.79 Å². The van der Waals surface area contributed by atoms with Crippen LogP contribution in [0, 0.1) is 5.92 Å². The average Bonchev–Trinajstić information content (AvgIpc) is 2.82. The van der Waals surface area contributed by atoms with E-state index in [-0.39, 0.29) is 17.9 Å². The molecule has 1 saturated carbocycles. The van der Waals surface area contributed by atoms with Gasteiger partial charge in [-0.15, -0.1) is 0 Å². The molecule has 0 aliphatic heterocycles. The molecule has 1 fully saturated rings. The van der Waals surface area contributed by atoms with Crippen molar-refractivity contribution in [2.75, 3.05) is 6.54 Å². The Morgan fingerprint density at radius 3 is 3.00 bits per heavy atom. The number of nitrogens with zero attached hydrogens (tertiary/aromatic N) is 2. The third kappa shape index (κ3) is 3.30. The van der Waals surface area contributed by atoms with Crippen molar-refractivity contribution < 1.29 is 4.79 Å². The van der Waals surface area contributed by atoms with Crippen molar-refractivity contribution in [3.63, 3.8) is 0 Å². The van der Waals surface area contributed by atoms with E-state index in [1.54, 1.807) is 12.5 Å². The van der Waals surface area contributed by atoms with Gasteiger partial charge >= 0.3 is 0 Å². The summed E-state index contributed by atoms with van der Waals surface area (Å²) in [5.74, 6) is 0.115. The van der Waals surface area contributed by atoms with Crippen LogP contribution in [-0.2, 0) is 11.3 Å². The number of nitrogens with two attached hydrogens (primary N) is 1. The molecule has 1 aromatic heterocycles. The van der Waals surface area contributed by atoms with Gasteiger partial charge in [-0.25, -0.2) is 4.98 Å². The van der Waals surface area contributed by atoms with Gasteiger partial charge in [0.2, 0.25) is 5.91 Å². The van der Waals surface area contributed by atoms with Crippen LogP contribution in [0.25, 0.3) is 0 Å². The van der Waals surface area contributed by atoms with Gasteiger partial charge in [0.05, 0.1) is 12.2 Å². The van der Waals surface area contributed by atoms with Crippen LogP contribution in [0.5, 0.6) is 0 Å². The average molecular weight is 236 g/mol. The Hall–Kier alpha value is -1.36. The number of carbonyl (C=O) groups is 1. The molecule has 1 heterocycles. The lowest BCUT2D eigenvalue weighted by molar-refractivity contribution is -0.126. The van der Waals surface area contributed by atoms with E-state index in [9.17, 15) is 4.79 Å². The summed E-state index contributed by atoms with van der Waals surface area (Å²) in [6, 6.07) is 0.0389. The largest absolute Gasteiger partial charge is 0.354 e. The van der Waals surface area contributed by atoms with Gasteiger partial charge in [-0.2, -0.15) is 0 Å². The van der Waals surface area contributed by atoms with Crippen LogP contribution in [0.2, 0.25) is 0 Å². The fourth-order valence-corrected chi connectivity index (χ4v) is 2.34. The first-order valence-corrected chi connectivity index (χ1v) is 6.26. The maximum atomic E-state index is 11.9. The Labute approximate surface area is 101 Å². The second-order valence-electron chi connectivity index (χ2n) is 4.65. The second kappa shape index (κ2) is 5.82. The minimum atomic E-state index is 0.00605. The van der Waals surface area contributed by atoms with Crippen LogP contribution < -0.4 is 11.1 Å². The molecule has 1 aliphatic rings. The van der Waals surface area contributed by atoms with Crippen molar-refractivity contribution in [2.24, 2.45) is 11.7 Å². The lowest BCUT2D eigenvalue weighted by Crippen LogP contribution is -2.44. The van der Waals surface area contributed by atoms with Gasteiger partial charge in [-0.05, 0) is 12.8 Å². The third-order valence-electron chi connectivity index (χ3n) is 3.38. The Kier molecular flexibility index (Phi) is 4.14. The maximum Gasteiger partial charge on any atom is 0.224 e. The van der Waals surface area contributed by atoms with E-state index >= 15 is 0 Å². The normalized spacial score (nSPS) is 24.5. The van der Waals surface area contributed by atoms with Gasteiger partial charge in [-0.1, -0.05) is 12.8 Å². The highest BCUT2D eigenvalue weighted by atomic mass is 16.1. The van der Waals surface area contributed by atoms with Crippen LogP contribution in [0.1, 0.15) is 25.7 Å². The molecule has 2 unspecified atom stereocenters. The summed E-state index contributed by atoms with van der Waals surface area (Å²) in [7, 11) is 0. The molecule has 5 heteroatoms. The Balaban J connectivity index is 1.73. The van der Waals surface area contributed by atoms with Crippen LogP contribution >= 0.6 is 0 Å². The molecule has 94 valence electrons. The summed E-state index contributed by atoms with van der Waals surface area (Å²) in [6.45, 7) is 1.39. The summed E-state index contributed by atoms with van der Waals surface area (Å²) >= 11 is 0. The van der Waals surface area contributed by atoms with Gasteiger partial charge in [0.1, 0.15) is 0 Å². The van der Waals surface area contributed by atoms with Crippen LogP contribution in [0.15, 0.2) is 18.7 Å². The first-order valence-electron chi connectivity index (χ1n) is 6.26. The molecule has 2 atom stereocenters. The van der Waals surface area contributed by atoms with Gasteiger partial charge in [0.15, 0.2) is 0 Å². The van der Waals surface area contributed by atoms with Gasteiger partial charge < -0.3 is 15.6 Å². The molecule has 17 heavy (non-hydrogen) atoms. The predicted octanol–water partition coefficient (Wildman–Crippen LogP) is 0.517. The Morgan fingerprint density at radius 1 is 1.47 bits per heavy atom. The van der Waals surface area contributed by atoms with E-state index in [1.807, 2.05) is 10.8 Å². The standard InChI is InChI=1S/C12H20N4O/c13-11-4-2-1-3-10(11)12(17)15-6-8-16-7-5-14-9-16/h5,7,9-11H,1-4,6,8,13H2,(H,15,17). The lowest BCUT2D eigenvalue weighted by Gasteiger charge is -2.27. The number of imidazole rings is 1. The number of carbonyl (C=O) groups excluding carboxylic acids is 1. The number of nitrogens with one attached hydrogen (secondary N) is 1. The van der Waals surface area contributed by atoms with Gasteiger partial charge in [0, 0.05) is 31.5 Å². The van der Waals surface area contributed by atoms with E-state index in [0.29, 0.717) is 6.54 Å². The molecule has 0 bridgehead atoms.